The summed E-state index contributed by atoms with van der Waals surface area (Å²) in [6.07, 6.45) is 1.56. The van der Waals surface area contributed by atoms with E-state index in [4.69, 9.17) is 24.5 Å². The molecule has 4 rings (SSSR count). The molecule has 1 aromatic heterocycles. The van der Waals surface area contributed by atoms with Crippen molar-refractivity contribution in [1.29, 1.82) is 0 Å². The molecular weight excluding hydrogens is 588 g/mol. The van der Waals surface area contributed by atoms with E-state index in [0.717, 1.165) is 17.7 Å². The lowest BCUT2D eigenvalue weighted by molar-refractivity contribution is -0.145. The van der Waals surface area contributed by atoms with Crippen LogP contribution in [0.4, 0.5) is 15.3 Å². The van der Waals surface area contributed by atoms with Gasteiger partial charge in [-0.05, 0) is 46.7 Å². The number of unbranched alkanes of at least 4 members (excludes halogenated alkanes) is 1. The van der Waals surface area contributed by atoms with Crippen LogP contribution in [0, 0.1) is 0 Å². The molecule has 1 aliphatic heterocycles. The molecule has 3 amide bonds. The van der Waals surface area contributed by atoms with Gasteiger partial charge in [0.1, 0.15) is 13.2 Å². The summed E-state index contributed by atoms with van der Waals surface area (Å²) in [6, 6.07) is 13.9. The Kier molecular flexibility index (Phi) is 12.1. The molecule has 2 atom stereocenters. The number of azide groups is 1. The van der Waals surface area contributed by atoms with Crippen LogP contribution in [0.1, 0.15) is 54.7 Å². The molecule has 2 aromatic carbocycles. The van der Waals surface area contributed by atoms with E-state index in [9.17, 15) is 14.4 Å². The lowest BCUT2D eigenvalue weighted by atomic mass is 10.0. The maximum absolute atomic E-state index is 13.2. The number of carbonyl (C=O) groups excluding carboxylic acids is 3. The molecule has 232 valence electrons. The van der Waals surface area contributed by atoms with E-state index in [1.165, 1.54) is 11.3 Å². The van der Waals surface area contributed by atoms with Gasteiger partial charge >= 0.3 is 18.1 Å². The van der Waals surface area contributed by atoms with Crippen LogP contribution in [0.15, 0.2) is 65.1 Å². The fraction of sp³-hybridized carbons (Fsp3) is 0.367. The van der Waals surface area contributed by atoms with E-state index in [2.05, 4.69) is 26.0 Å². The summed E-state index contributed by atoms with van der Waals surface area (Å²) in [5.74, 6) is 0.532. The summed E-state index contributed by atoms with van der Waals surface area (Å²) in [6.45, 7) is 2.46. The molecule has 13 nitrogen and oxygen atoms in total. The van der Waals surface area contributed by atoms with Crippen LogP contribution < -0.4 is 25.4 Å². The number of fused-ring (bicyclic) bond motifs is 1. The fourth-order valence-corrected chi connectivity index (χ4v) is 4.96. The first-order chi connectivity index (χ1) is 21.4. The molecule has 3 N–H and O–H groups in total. The van der Waals surface area contributed by atoms with Gasteiger partial charge in [-0.25, -0.2) is 9.59 Å². The van der Waals surface area contributed by atoms with Crippen LogP contribution in [-0.2, 0) is 27.4 Å². The third-order valence-electron chi connectivity index (χ3n) is 6.62. The minimum Gasteiger partial charge on any atom is -0.461 e. The third-order valence-corrected chi connectivity index (χ3v) is 7.49. The molecule has 0 saturated heterocycles. The van der Waals surface area contributed by atoms with E-state index in [-0.39, 0.29) is 26.4 Å². The molecule has 0 fully saturated rings. The highest BCUT2D eigenvalue weighted by molar-refractivity contribution is 7.09. The normalized spacial score (nSPS) is 12.8. The second kappa shape index (κ2) is 16.6. The van der Waals surface area contributed by atoms with Crippen molar-refractivity contribution in [3.8, 4) is 11.5 Å². The Balaban J connectivity index is 1.36. The van der Waals surface area contributed by atoms with Crippen molar-refractivity contribution >= 4 is 35.1 Å². The Bertz CT molecular complexity index is 1440. The predicted octanol–water partition coefficient (Wildman–Crippen LogP) is 6.38. The van der Waals surface area contributed by atoms with Crippen LogP contribution in [0.25, 0.3) is 10.4 Å². The van der Waals surface area contributed by atoms with E-state index in [1.807, 2.05) is 24.4 Å². The third kappa shape index (κ3) is 10.1. The minimum atomic E-state index is -0.758. The highest BCUT2D eigenvalue weighted by Crippen LogP contribution is 2.35. The monoisotopic (exact) mass is 622 g/mol. The first-order valence-electron chi connectivity index (χ1n) is 14.1. The number of alkyl carbamates (subject to hydrolysis) is 1. The number of hydrogen-bond donors (Lipinski definition) is 3. The van der Waals surface area contributed by atoms with Gasteiger partial charge < -0.3 is 34.9 Å². The van der Waals surface area contributed by atoms with E-state index in [1.54, 1.807) is 42.5 Å². The lowest BCUT2D eigenvalue weighted by Gasteiger charge is -2.23. The van der Waals surface area contributed by atoms with Gasteiger partial charge in [0.15, 0.2) is 11.5 Å². The summed E-state index contributed by atoms with van der Waals surface area (Å²) in [7, 11) is 0. The van der Waals surface area contributed by atoms with Crippen LogP contribution >= 0.6 is 11.3 Å². The van der Waals surface area contributed by atoms with Crippen molar-refractivity contribution < 1.29 is 33.3 Å². The quantitative estimate of drug-likeness (QED) is 0.0763. The van der Waals surface area contributed by atoms with Crippen molar-refractivity contribution in [3.05, 3.63) is 86.4 Å². The minimum absolute atomic E-state index is 0.000412. The zero-order valence-electron chi connectivity index (χ0n) is 24.2. The number of carbonyl (C=O) groups is 3. The van der Waals surface area contributed by atoms with E-state index >= 15 is 0 Å². The zero-order valence-corrected chi connectivity index (χ0v) is 25.0. The number of hydrogen-bond acceptors (Lipinski definition) is 9. The number of esters is 1. The summed E-state index contributed by atoms with van der Waals surface area (Å²) < 4.78 is 21.7. The van der Waals surface area contributed by atoms with Crippen molar-refractivity contribution in [3.63, 3.8) is 0 Å². The van der Waals surface area contributed by atoms with Gasteiger partial charge in [0.2, 0.25) is 6.79 Å². The van der Waals surface area contributed by atoms with Crippen molar-refractivity contribution in [1.82, 2.24) is 16.0 Å². The average molecular weight is 623 g/mol. The first-order valence-corrected chi connectivity index (χ1v) is 15.0. The highest BCUT2D eigenvalue weighted by Gasteiger charge is 2.24. The fourth-order valence-electron chi connectivity index (χ4n) is 4.31. The molecule has 0 spiro atoms. The summed E-state index contributed by atoms with van der Waals surface area (Å²) in [5, 5.41) is 13.9. The number of thiophene rings is 1. The summed E-state index contributed by atoms with van der Waals surface area (Å²) >= 11 is 1.53. The molecular formula is C30H34N6O7S. The summed E-state index contributed by atoms with van der Waals surface area (Å²) in [5.41, 5.74) is 10.3. The first kappa shape index (κ1) is 32.0. The maximum Gasteiger partial charge on any atom is 0.407 e. The Morgan fingerprint density at radius 3 is 2.64 bits per heavy atom. The molecule has 2 heterocycles. The Morgan fingerprint density at radius 2 is 1.89 bits per heavy atom. The maximum atomic E-state index is 13.2. The predicted molar refractivity (Wildman–Crippen MR) is 162 cm³/mol. The second-order valence-corrected chi connectivity index (χ2v) is 10.9. The van der Waals surface area contributed by atoms with Crippen LogP contribution in [0.5, 0.6) is 11.5 Å². The number of benzene rings is 2. The zero-order chi connectivity index (χ0) is 31.1. The lowest BCUT2D eigenvalue weighted by Crippen LogP contribution is -2.46. The molecule has 0 aliphatic carbocycles. The number of urea groups is 1. The van der Waals surface area contributed by atoms with Gasteiger partial charge in [-0.2, -0.15) is 0 Å². The highest BCUT2D eigenvalue weighted by atomic mass is 32.1. The number of nitrogens with zero attached hydrogens (tertiary/aromatic N) is 3. The SMILES string of the molecule is CCCCC(COC(=O)NCc1cccs1)NC(=O)NC(CC(=O)OCc1ccc(N=[N+]=[N-])cc1)c1ccc2c(c1)OCO2. The molecule has 1 aliphatic rings. The Morgan fingerprint density at radius 1 is 1.07 bits per heavy atom. The van der Waals surface area contributed by atoms with Gasteiger partial charge in [0.25, 0.3) is 0 Å². The molecule has 14 heteroatoms. The number of rotatable bonds is 15. The molecule has 44 heavy (non-hydrogen) atoms. The van der Waals surface area contributed by atoms with Crippen LogP contribution in [-0.4, -0.2) is 37.5 Å². The largest absolute Gasteiger partial charge is 0.461 e. The van der Waals surface area contributed by atoms with Gasteiger partial charge in [0, 0.05) is 15.5 Å². The molecule has 0 saturated carbocycles. The average Bonchev–Trinajstić information content (AvgIpc) is 3.73. The number of amides is 3. The Labute approximate surface area is 258 Å². The number of ether oxygens (including phenoxy) is 4. The van der Waals surface area contributed by atoms with Gasteiger partial charge in [0.05, 0.1) is 25.0 Å². The van der Waals surface area contributed by atoms with E-state index < -0.39 is 30.2 Å². The van der Waals surface area contributed by atoms with Gasteiger partial charge in [-0.1, -0.05) is 61.3 Å². The van der Waals surface area contributed by atoms with Crippen molar-refractivity contribution in [2.24, 2.45) is 5.11 Å². The molecule has 3 aromatic rings. The molecule has 2 unspecified atom stereocenters. The standard InChI is InChI=1S/C30H34N6O7S/c1-2-3-5-23(18-41-30(39)32-16-24-6-4-13-44-24)33-29(38)34-25(21-9-12-26-27(14-21)43-19-42-26)15-28(37)40-17-20-7-10-22(11-8-20)35-36-31/h4,6-14,23,25H,2-3,5,15-19H2,1H3,(H,32,39)(H2,33,34,38). The second-order valence-electron chi connectivity index (χ2n) is 9.87. The van der Waals surface area contributed by atoms with Crippen LogP contribution in [0.2, 0.25) is 0 Å². The van der Waals surface area contributed by atoms with Gasteiger partial charge in [-0.3, -0.25) is 4.79 Å². The summed E-state index contributed by atoms with van der Waals surface area (Å²) in [4.78, 5) is 42.1. The van der Waals surface area contributed by atoms with Crippen LogP contribution in [0.3, 0.4) is 0 Å². The molecule has 0 bridgehead atoms. The topological polar surface area (TPSA) is 173 Å². The Hall–Kier alpha value is -4.94. The molecule has 0 radical (unpaired) electrons. The number of nitrogens with one attached hydrogen (secondary N) is 3. The van der Waals surface area contributed by atoms with Crippen molar-refractivity contribution in [2.75, 3.05) is 13.4 Å². The van der Waals surface area contributed by atoms with E-state index in [0.29, 0.717) is 41.3 Å². The smallest absolute Gasteiger partial charge is 0.407 e. The van der Waals surface area contributed by atoms with Gasteiger partial charge in [-0.15, -0.1) is 11.3 Å². The van der Waals surface area contributed by atoms with Crippen molar-refractivity contribution in [2.45, 2.75) is 57.8 Å².